The third-order valence-corrected chi connectivity index (χ3v) is 8.92. The van der Waals surface area contributed by atoms with Gasteiger partial charge in [-0.1, -0.05) is 92.7 Å². The summed E-state index contributed by atoms with van der Waals surface area (Å²) in [7, 11) is -3.98. The number of hydrogen-bond acceptors (Lipinski definition) is 7. The Morgan fingerprint density at radius 3 is 1.98 bits per heavy atom. The summed E-state index contributed by atoms with van der Waals surface area (Å²) in [5.74, 6) is -1.43. The zero-order chi connectivity index (χ0) is 32.8. The van der Waals surface area contributed by atoms with Crippen LogP contribution in [0, 0.1) is 5.92 Å². The molecule has 3 aromatic rings. The maximum Gasteiger partial charge on any atom is 0.408 e. The standard InChI is InChI=1S/C33H42N4O7S/c1-24(2)18-19-37(45(42,43)27-16-10-5-11-17-27)22-30(38)28(20-25-12-6-3-7-13-25)35-32(40)29(21-31(34)39)36-33(41)44-23-26-14-8-4-9-15-26/h3-17,24,28-30,38H,18-23H2,1-2H3,(H2,34,39)(H,35,40)(H,36,41)/t28?,29-,30+/m0/s1. The van der Waals surface area contributed by atoms with Crippen molar-refractivity contribution in [3.8, 4) is 0 Å². The number of carbonyl (C=O) groups is 3. The number of nitrogens with zero attached hydrogens (tertiary/aromatic N) is 1. The van der Waals surface area contributed by atoms with Crippen LogP contribution in [0.1, 0.15) is 37.8 Å². The molecule has 0 bridgehead atoms. The minimum Gasteiger partial charge on any atom is -0.445 e. The zero-order valence-electron chi connectivity index (χ0n) is 25.5. The first-order valence-electron chi connectivity index (χ1n) is 14.8. The predicted molar refractivity (Wildman–Crippen MR) is 170 cm³/mol. The van der Waals surface area contributed by atoms with Crippen molar-refractivity contribution < 1.29 is 32.6 Å². The fourth-order valence-corrected chi connectivity index (χ4v) is 6.04. The highest BCUT2D eigenvalue weighted by Gasteiger charge is 2.33. The lowest BCUT2D eigenvalue weighted by Gasteiger charge is -2.31. The number of rotatable bonds is 17. The van der Waals surface area contributed by atoms with Crippen molar-refractivity contribution in [2.75, 3.05) is 13.1 Å². The SMILES string of the molecule is CC(C)CCN(C[C@@H](O)C(Cc1ccccc1)NC(=O)[C@H](CC(N)=O)NC(=O)OCc1ccccc1)S(=O)(=O)c1ccccc1. The average Bonchev–Trinajstić information content (AvgIpc) is 3.02. The quantitative estimate of drug-likeness (QED) is 0.176. The van der Waals surface area contributed by atoms with Crippen LogP contribution in [0.15, 0.2) is 95.9 Å². The Morgan fingerprint density at radius 1 is 0.867 bits per heavy atom. The summed E-state index contributed by atoms with van der Waals surface area (Å²) in [6.07, 6.45) is -2.14. The molecule has 3 aromatic carbocycles. The van der Waals surface area contributed by atoms with E-state index in [1.807, 2.05) is 38.1 Å². The second-order valence-electron chi connectivity index (χ2n) is 11.2. The molecule has 0 fully saturated rings. The van der Waals surface area contributed by atoms with Crippen LogP contribution in [0.5, 0.6) is 0 Å². The van der Waals surface area contributed by atoms with E-state index in [1.165, 1.54) is 16.4 Å². The molecule has 3 rings (SSSR count). The molecule has 0 aliphatic heterocycles. The molecule has 3 amide bonds. The molecule has 5 N–H and O–H groups in total. The summed E-state index contributed by atoms with van der Waals surface area (Å²) in [6, 6.07) is 23.5. The maximum atomic E-state index is 13.6. The van der Waals surface area contributed by atoms with E-state index in [2.05, 4.69) is 10.6 Å². The minimum atomic E-state index is -3.98. The van der Waals surface area contributed by atoms with Crippen LogP contribution < -0.4 is 16.4 Å². The molecule has 3 atom stereocenters. The van der Waals surface area contributed by atoms with Crippen LogP contribution >= 0.6 is 0 Å². The summed E-state index contributed by atoms with van der Waals surface area (Å²) in [5.41, 5.74) is 6.87. The molecular formula is C33H42N4O7S. The van der Waals surface area contributed by atoms with E-state index in [0.717, 1.165) is 11.1 Å². The fourth-order valence-electron chi connectivity index (χ4n) is 4.54. The number of carbonyl (C=O) groups excluding carboxylic acids is 3. The van der Waals surface area contributed by atoms with Gasteiger partial charge in [-0.05, 0) is 42.0 Å². The number of hydrogen-bond donors (Lipinski definition) is 4. The van der Waals surface area contributed by atoms with Crippen molar-refractivity contribution in [2.24, 2.45) is 11.7 Å². The van der Waals surface area contributed by atoms with Gasteiger partial charge in [0.2, 0.25) is 21.8 Å². The van der Waals surface area contributed by atoms with Gasteiger partial charge in [0.15, 0.2) is 0 Å². The van der Waals surface area contributed by atoms with Crippen molar-refractivity contribution in [2.45, 2.75) is 62.8 Å². The molecule has 1 unspecified atom stereocenters. The summed E-state index contributed by atoms with van der Waals surface area (Å²) in [6.45, 7) is 3.72. The van der Waals surface area contributed by atoms with Gasteiger partial charge in [0.25, 0.3) is 0 Å². The largest absolute Gasteiger partial charge is 0.445 e. The molecule has 0 saturated heterocycles. The van der Waals surface area contributed by atoms with Crippen LogP contribution in [0.2, 0.25) is 0 Å². The smallest absolute Gasteiger partial charge is 0.408 e. The van der Waals surface area contributed by atoms with Gasteiger partial charge in [0.1, 0.15) is 12.6 Å². The van der Waals surface area contributed by atoms with Crippen LogP contribution in [0.3, 0.4) is 0 Å². The predicted octanol–water partition coefficient (Wildman–Crippen LogP) is 2.98. The highest BCUT2D eigenvalue weighted by atomic mass is 32.2. The summed E-state index contributed by atoms with van der Waals surface area (Å²) >= 11 is 0. The van der Waals surface area contributed by atoms with Crippen molar-refractivity contribution in [1.29, 1.82) is 0 Å². The maximum absolute atomic E-state index is 13.6. The lowest BCUT2D eigenvalue weighted by molar-refractivity contribution is -0.128. The van der Waals surface area contributed by atoms with Crippen LogP contribution in [-0.2, 0) is 37.4 Å². The van der Waals surface area contributed by atoms with Gasteiger partial charge >= 0.3 is 6.09 Å². The highest BCUT2D eigenvalue weighted by molar-refractivity contribution is 7.89. The minimum absolute atomic E-state index is 0.0605. The van der Waals surface area contributed by atoms with Gasteiger partial charge in [-0.25, -0.2) is 13.2 Å². The van der Waals surface area contributed by atoms with Crippen LogP contribution in [0.25, 0.3) is 0 Å². The second-order valence-corrected chi connectivity index (χ2v) is 13.1. The summed E-state index contributed by atoms with van der Waals surface area (Å²) < 4.78 is 33.7. The van der Waals surface area contributed by atoms with E-state index in [-0.39, 0.29) is 36.9 Å². The monoisotopic (exact) mass is 638 g/mol. The number of nitrogens with two attached hydrogens (primary N) is 1. The number of aliphatic hydroxyl groups is 1. The van der Waals surface area contributed by atoms with Gasteiger partial charge < -0.3 is 26.2 Å². The molecule has 12 heteroatoms. The van der Waals surface area contributed by atoms with Crippen molar-refractivity contribution in [3.05, 3.63) is 102 Å². The van der Waals surface area contributed by atoms with Gasteiger partial charge in [-0.3, -0.25) is 9.59 Å². The average molecular weight is 639 g/mol. The zero-order valence-corrected chi connectivity index (χ0v) is 26.4. The molecule has 0 aromatic heterocycles. The number of nitrogens with one attached hydrogen (secondary N) is 2. The Hall–Kier alpha value is -4.26. The van der Waals surface area contributed by atoms with Crippen molar-refractivity contribution in [1.82, 2.24) is 14.9 Å². The first kappa shape index (κ1) is 35.2. The molecule has 11 nitrogen and oxygen atoms in total. The van der Waals surface area contributed by atoms with Gasteiger partial charge in [0, 0.05) is 13.1 Å². The van der Waals surface area contributed by atoms with E-state index >= 15 is 0 Å². The fraction of sp³-hybridized carbons (Fsp3) is 0.364. The Labute approximate surface area is 264 Å². The van der Waals surface area contributed by atoms with E-state index in [0.29, 0.717) is 6.42 Å². The molecule has 0 radical (unpaired) electrons. The number of ether oxygens (including phenoxy) is 1. The third-order valence-electron chi connectivity index (χ3n) is 7.04. The van der Waals surface area contributed by atoms with E-state index in [1.54, 1.807) is 54.6 Å². The van der Waals surface area contributed by atoms with Crippen molar-refractivity contribution in [3.63, 3.8) is 0 Å². The molecule has 242 valence electrons. The summed E-state index contributed by atoms with van der Waals surface area (Å²) in [4.78, 5) is 38.0. The lowest BCUT2D eigenvalue weighted by Crippen LogP contribution is -2.56. The first-order chi connectivity index (χ1) is 21.5. The highest BCUT2D eigenvalue weighted by Crippen LogP contribution is 2.19. The number of alkyl carbamates (subject to hydrolysis) is 1. The number of amides is 3. The molecular weight excluding hydrogens is 596 g/mol. The molecule has 0 saturated carbocycles. The van der Waals surface area contributed by atoms with Crippen LogP contribution in [-0.4, -0.2) is 67.0 Å². The number of benzene rings is 3. The molecule has 0 heterocycles. The van der Waals surface area contributed by atoms with E-state index in [9.17, 15) is 27.9 Å². The molecule has 45 heavy (non-hydrogen) atoms. The third kappa shape index (κ3) is 11.6. The Bertz CT molecular complexity index is 1470. The molecule has 0 aliphatic rings. The number of sulfonamides is 1. The number of aliphatic hydroxyl groups excluding tert-OH is 1. The topological polar surface area (TPSA) is 168 Å². The number of primary amides is 1. The van der Waals surface area contributed by atoms with Gasteiger partial charge in [-0.2, -0.15) is 4.31 Å². The lowest BCUT2D eigenvalue weighted by atomic mass is 10.00. The van der Waals surface area contributed by atoms with Gasteiger partial charge in [-0.15, -0.1) is 0 Å². The normalized spacial score (nSPS) is 13.5. The summed E-state index contributed by atoms with van der Waals surface area (Å²) in [5, 5.41) is 16.6. The molecule has 0 aliphatic carbocycles. The first-order valence-corrected chi connectivity index (χ1v) is 16.2. The Kier molecular flexibility index (Phi) is 13.5. The second kappa shape index (κ2) is 17.3. The van der Waals surface area contributed by atoms with E-state index in [4.69, 9.17) is 10.5 Å². The van der Waals surface area contributed by atoms with Gasteiger partial charge in [0.05, 0.1) is 23.5 Å². The van der Waals surface area contributed by atoms with Crippen LogP contribution in [0.4, 0.5) is 4.79 Å². The Balaban J connectivity index is 1.82. The van der Waals surface area contributed by atoms with Crippen molar-refractivity contribution >= 4 is 27.9 Å². The van der Waals surface area contributed by atoms with E-state index < -0.39 is 52.5 Å². The Morgan fingerprint density at radius 2 is 1.42 bits per heavy atom. The molecule has 0 spiro atoms.